The molecule has 0 saturated carbocycles. The van der Waals surface area contributed by atoms with Crippen molar-refractivity contribution in [1.29, 1.82) is 0 Å². The summed E-state index contributed by atoms with van der Waals surface area (Å²) < 4.78 is 242. The largest absolute Gasteiger partial charge is 0.760 e. The average Bonchev–Trinajstić information content (AvgIpc) is 2.59. The van der Waals surface area contributed by atoms with E-state index in [2.05, 4.69) is 0 Å². The summed E-state index contributed by atoms with van der Waals surface area (Å²) in [6.07, 6.45) is -12.0. The van der Waals surface area contributed by atoms with Gasteiger partial charge in [-0.15, -0.1) is 0 Å². The molecule has 200 valence electrons. The van der Waals surface area contributed by atoms with Crippen molar-refractivity contribution in [1.82, 2.24) is 4.31 Å². The van der Waals surface area contributed by atoms with E-state index < -0.39 is 78.3 Å². The second-order valence-corrected chi connectivity index (χ2v) is 7.38. The Bertz CT molecular complexity index is 719. The Morgan fingerprint density at radius 3 is 1.21 bits per heavy atom. The Kier molecular flexibility index (Phi) is 8.53. The normalized spacial score (nSPS) is 17.0. The van der Waals surface area contributed by atoms with Gasteiger partial charge in [-0.1, -0.05) is 0 Å². The highest BCUT2D eigenvalue weighted by atomic mass is 32.2. The minimum Gasteiger partial charge on any atom is -0.760 e. The Labute approximate surface area is 174 Å². The van der Waals surface area contributed by atoms with Crippen LogP contribution in [0, 0.1) is 0 Å². The smallest absolute Gasteiger partial charge is 0.460 e. The molecule has 0 aromatic carbocycles. The van der Waals surface area contributed by atoms with Crippen LogP contribution in [-0.4, -0.2) is 74.3 Å². The van der Waals surface area contributed by atoms with Crippen molar-refractivity contribution in [2.45, 2.75) is 60.5 Å². The van der Waals surface area contributed by atoms with Gasteiger partial charge in [0.2, 0.25) is 0 Å². The van der Waals surface area contributed by atoms with E-state index in [0.29, 0.717) is 7.05 Å². The van der Waals surface area contributed by atoms with Crippen LogP contribution < -0.4 is 0 Å². The summed E-state index contributed by atoms with van der Waals surface area (Å²) in [6.45, 7) is -1.17. The molecule has 0 aliphatic heterocycles. The van der Waals surface area contributed by atoms with Crippen molar-refractivity contribution >= 4 is 11.3 Å². The molecule has 0 aliphatic rings. The van der Waals surface area contributed by atoms with Crippen LogP contribution in [-0.2, 0) is 11.3 Å². The van der Waals surface area contributed by atoms with Crippen molar-refractivity contribution in [2.75, 3.05) is 13.6 Å². The van der Waals surface area contributed by atoms with Crippen LogP contribution >= 0.6 is 0 Å². The van der Waals surface area contributed by atoms with E-state index >= 15 is 0 Å². The fourth-order valence-electron chi connectivity index (χ4n) is 1.95. The van der Waals surface area contributed by atoms with E-state index in [-0.39, 0.29) is 4.31 Å². The highest BCUT2D eigenvalue weighted by molar-refractivity contribution is 7.76. The quantitative estimate of drug-likeness (QED) is 0.250. The van der Waals surface area contributed by atoms with Crippen LogP contribution in [0.25, 0.3) is 0 Å². The van der Waals surface area contributed by atoms with Crippen LogP contribution in [0.15, 0.2) is 0 Å². The zero-order valence-corrected chi connectivity index (χ0v) is 16.0. The molecule has 0 saturated heterocycles. The van der Waals surface area contributed by atoms with Gasteiger partial charge in [0.25, 0.3) is 0 Å². The Morgan fingerprint density at radius 2 is 0.909 bits per heavy atom. The molecule has 0 aromatic rings. The highest BCUT2D eigenvalue weighted by Crippen LogP contribution is 2.64. The Morgan fingerprint density at radius 1 is 0.606 bits per heavy atom. The van der Waals surface area contributed by atoms with Crippen LogP contribution in [0.5, 0.6) is 0 Å². The van der Waals surface area contributed by atoms with Crippen molar-refractivity contribution in [3.63, 3.8) is 0 Å². The van der Waals surface area contributed by atoms with E-state index in [9.17, 15) is 83.4 Å². The molecule has 21 heteroatoms. The molecule has 0 N–H and O–H groups in total. The van der Waals surface area contributed by atoms with Crippen molar-refractivity contribution in [3.05, 3.63) is 0 Å². The first kappa shape index (κ1) is 31.9. The van der Waals surface area contributed by atoms with Crippen LogP contribution in [0.2, 0.25) is 0 Å². The SMILES string of the molecule is CN(CCCC(F)(F)C(F)(F)C(F)(F)C(F)(F)C(F)(F)C(F)(F)C(F)(F)C(F)(F)F)S(=O)[O-]. The first-order valence-electron chi connectivity index (χ1n) is 7.60. The van der Waals surface area contributed by atoms with Crippen molar-refractivity contribution < 1.29 is 83.4 Å². The lowest BCUT2D eigenvalue weighted by Gasteiger charge is -2.42. The van der Waals surface area contributed by atoms with E-state index in [1.54, 1.807) is 0 Å². The maximum absolute atomic E-state index is 13.5. The number of hydrogen-bond acceptors (Lipinski definition) is 2. The number of nitrogens with zero attached hydrogens (tertiary/aromatic N) is 1. The average molecular weight is 554 g/mol. The van der Waals surface area contributed by atoms with Gasteiger partial charge in [-0.3, -0.25) is 4.21 Å². The summed E-state index contributed by atoms with van der Waals surface area (Å²) in [5.74, 6) is -56.6. The van der Waals surface area contributed by atoms with E-state index in [4.69, 9.17) is 0 Å². The van der Waals surface area contributed by atoms with Gasteiger partial charge in [0, 0.05) is 24.2 Å². The predicted octanol–water partition coefficient (Wildman–Crippen LogP) is 5.50. The van der Waals surface area contributed by atoms with Gasteiger partial charge in [0.05, 0.1) is 0 Å². The lowest BCUT2D eigenvalue weighted by molar-refractivity contribution is -0.461. The number of alkyl halides is 17. The minimum absolute atomic E-state index is 0.0783. The molecule has 0 bridgehead atoms. The maximum atomic E-state index is 13.5. The molecular formula is C12H9F17NO2S-. The summed E-state index contributed by atoms with van der Waals surface area (Å²) in [7, 11) is 0.603. The van der Waals surface area contributed by atoms with Gasteiger partial charge in [-0.05, 0) is 13.5 Å². The molecule has 3 nitrogen and oxygen atoms in total. The second-order valence-electron chi connectivity index (χ2n) is 6.32. The molecule has 0 aliphatic carbocycles. The zero-order valence-electron chi connectivity index (χ0n) is 15.2. The van der Waals surface area contributed by atoms with Gasteiger partial charge < -0.3 is 4.55 Å². The number of hydrogen-bond donors (Lipinski definition) is 0. The molecule has 33 heavy (non-hydrogen) atoms. The first-order valence-corrected chi connectivity index (χ1v) is 8.63. The standard InChI is InChI=1S/C12H10F17NO2S/c1-30(33(31)32)4-2-3-5(13,14)6(15,16)7(17,18)8(19,20)9(21,22)10(23,24)11(25,26)12(27,28)29/h2-4H2,1H3,(H,31,32)/p-1. The van der Waals surface area contributed by atoms with Crippen LogP contribution in [0.1, 0.15) is 12.8 Å². The van der Waals surface area contributed by atoms with E-state index in [0.717, 1.165) is 0 Å². The maximum Gasteiger partial charge on any atom is 0.460 e. The second kappa shape index (κ2) is 8.83. The summed E-state index contributed by atoms with van der Waals surface area (Å²) in [6, 6.07) is 0. The summed E-state index contributed by atoms with van der Waals surface area (Å²) >= 11 is -3.19. The minimum atomic E-state index is -8.66. The lowest BCUT2D eigenvalue weighted by Crippen LogP contribution is -2.74. The highest BCUT2D eigenvalue weighted by Gasteiger charge is 2.95. The van der Waals surface area contributed by atoms with Crippen molar-refractivity contribution in [3.8, 4) is 0 Å². The lowest BCUT2D eigenvalue weighted by atomic mass is 9.88. The summed E-state index contributed by atoms with van der Waals surface area (Å²) in [4.78, 5) is 0. The fourth-order valence-corrected chi connectivity index (χ4v) is 2.23. The molecule has 0 heterocycles. The van der Waals surface area contributed by atoms with Crippen LogP contribution in [0.4, 0.5) is 74.6 Å². The zero-order chi connectivity index (χ0) is 27.3. The summed E-state index contributed by atoms with van der Waals surface area (Å²) in [5.41, 5.74) is 0. The van der Waals surface area contributed by atoms with Crippen molar-refractivity contribution in [2.24, 2.45) is 0 Å². The third-order valence-electron chi connectivity index (χ3n) is 4.01. The van der Waals surface area contributed by atoms with Crippen LogP contribution in [0.3, 0.4) is 0 Å². The van der Waals surface area contributed by atoms with Gasteiger partial charge in [-0.25, -0.2) is 4.31 Å². The number of rotatable bonds is 11. The van der Waals surface area contributed by atoms with Gasteiger partial charge >= 0.3 is 47.6 Å². The van der Waals surface area contributed by atoms with Gasteiger partial charge in [0.15, 0.2) is 0 Å². The third kappa shape index (κ3) is 4.85. The molecule has 0 amide bonds. The molecule has 1 unspecified atom stereocenters. The predicted molar refractivity (Wildman–Crippen MR) is 71.5 cm³/mol. The molecule has 0 spiro atoms. The monoisotopic (exact) mass is 554 g/mol. The topological polar surface area (TPSA) is 43.4 Å². The molecular weight excluding hydrogens is 545 g/mol. The molecule has 0 radical (unpaired) electrons. The van der Waals surface area contributed by atoms with Gasteiger partial charge in [0.1, 0.15) is 0 Å². The summed E-state index contributed by atoms with van der Waals surface area (Å²) in [5, 5.41) is 0. The van der Waals surface area contributed by atoms with E-state index in [1.165, 1.54) is 0 Å². The first-order chi connectivity index (χ1) is 14.1. The molecule has 0 aromatic heterocycles. The fraction of sp³-hybridized carbons (Fsp3) is 1.00. The third-order valence-corrected chi connectivity index (χ3v) is 4.70. The Hall–Kier alpha value is -1.12. The Balaban J connectivity index is 6.34. The van der Waals surface area contributed by atoms with E-state index in [1.807, 2.05) is 0 Å². The number of halogens is 17. The molecule has 1 atom stereocenters. The van der Waals surface area contributed by atoms with Gasteiger partial charge in [-0.2, -0.15) is 74.6 Å². The molecule has 0 fully saturated rings. The molecule has 0 rings (SSSR count).